The van der Waals surface area contributed by atoms with Crippen molar-refractivity contribution < 1.29 is 23.8 Å². The van der Waals surface area contributed by atoms with Crippen molar-refractivity contribution in [3.8, 4) is 17.2 Å². The Bertz CT molecular complexity index is 981. The Kier molecular flexibility index (Phi) is 6.40. The molecule has 3 N–H and O–H groups in total. The summed E-state index contributed by atoms with van der Waals surface area (Å²) in [7, 11) is 3.11. The summed E-state index contributed by atoms with van der Waals surface area (Å²) in [6.45, 7) is -0.209. The van der Waals surface area contributed by atoms with Gasteiger partial charge in [-0.05, 0) is 35.5 Å². The molecule has 2 aromatic rings. The normalized spacial score (nSPS) is 16.0. The number of carbonyl (C=O) groups is 2. The van der Waals surface area contributed by atoms with E-state index < -0.39 is 5.91 Å². The van der Waals surface area contributed by atoms with Crippen LogP contribution in [0.3, 0.4) is 0 Å². The van der Waals surface area contributed by atoms with Gasteiger partial charge >= 0.3 is 0 Å². The summed E-state index contributed by atoms with van der Waals surface area (Å²) in [6, 6.07) is 12.3. The zero-order valence-corrected chi connectivity index (χ0v) is 16.6. The van der Waals surface area contributed by atoms with Gasteiger partial charge in [0, 0.05) is 18.2 Å². The molecule has 9 heteroatoms. The highest BCUT2D eigenvalue weighted by Gasteiger charge is 2.23. The van der Waals surface area contributed by atoms with Crippen LogP contribution in [0.5, 0.6) is 17.2 Å². The van der Waals surface area contributed by atoms with Gasteiger partial charge in [-0.3, -0.25) is 9.59 Å². The molecule has 2 amide bonds. The number of nitrogens with two attached hydrogens (primary N) is 1. The van der Waals surface area contributed by atoms with Crippen LogP contribution < -0.4 is 25.3 Å². The predicted molar refractivity (Wildman–Crippen MR) is 112 cm³/mol. The Labute approximate surface area is 171 Å². The minimum Gasteiger partial charge on any atom is -0.497 e. The van der Waals surface area contributed by atoms with Crippen molar-refractivity contribution in [3.63, 3.8) is 0 Å². The van der Waals surface area contributed by atoms with Crippen molar-refractivity contribution in [1.29, 1.82) is 0 Å². The number of methoxy groups -OCH3 is 2. The number of thioether (sulfide) groups is 1. The number of rotatable bonds is 7. The molecule has 0 aromatic heterocycles. The Morgan fingerprint density at radius 3 is 2.52 bits per heavy atom. The van der Waals surface area contributed by atoms with Crippen molar-refractivity contribution in [2.45, 2.75) is 0 Å². The van der Waals surface area contributed by atoms with Crippen molar-refractivity contribution in [1.82, 2.24) is 5.32 Å². The average molecular weight is 413 g/mol. The van der Waals surface area contributed by atoms with Gasteiger partial charge in [-0.2, -0.15) is 0 Å². The van der Waals surface area contributed by atoms with Crippen LogP contribution in [0.15, 0.2) is 52.4 Å². The van der Waals surface area contributed by atoms with E-state index in [1.807, 2.05) is 6.07 Å². The lowest BCUT2D eigenvalue weighted by Crippen LogP contribution is -2.20. The third-order valence-corrected chi connectivity index (χ3v) is 4.59. The number of ether oxygens (including phenoxy) is 3. The van der Waals surface area contributed by atoms with E-state index >= 15 is 0 Å². The number of primary amides is 1. The molecule has 29 heavy (non-hydrogen) atoms. The molecule has 0 unspecified atom stereocenters. The standard InChI is InChI=1S/C20H19N3O5S/c1-26-15-8-13(9-16(10-15)27-2)22-19-17(29-20(25)23-19)7-12-4-3-5-14(6-12)28-11-18(21)24/h3-10H,11H2,1-2H3,(H2,21,24)(H,22,23,25)/b17-7+. The highest BCUT2D eigenvalue weighted by Crippen LogP contribution is 2.32. The summed E-state index contributed by atoms with van der Waals surface area (Å²) in [5.41, 5.74) is 6.45. The van der Waals surface area contributed by atoms with Gasteiger partial charge in [0.15, 0.2) is 6.61 Å². The molecule has 1 aliphatic heterocycles. The van der Waals surface area contributed by atoms with Crippen LogP contribution in [-0.4, -0.2) is 37.8 Å². The molecule has 8 nitrogen and oxygen atoms in total. The maximum Gasteiger partial charge on any atom is 0.289 e. The van der Waals surface area contributed by atoms with Gasteiger partial charge < -0.3 is 25.3 Å². The van der Waals surface area contributed by atoms with E-state index in [0.717, 1.165) is 17.3 Å². The van der Waals surface area contributed by atoms with E-state index in [0.29, 0.717) is 33.7 Å². The highest BCUT2D eigenvalue weighted by molar-refractivity contribution is 8.18. The molecule has 0 aliphatic carbocycles. The molecule has 1 fully saturated rings. The maximum atomic E-state index is 11.9. The Morgan fingerprint density at radius 2 is 1.86 bits per heavy atom. The molecule has 1 heterocycles. The van der Waals surface area contributed by atoms with Gasteiger partial charge in [-0.1, -0.05) is 12.1 Å². The number of nitrogens with one attached hydrogen (secondary N) is 1. The van der Waals surface area contributed by atoms with E-state index in [1.54, 1.807) is 56.7 Å². The van der Waals surface area contributed by atoms with Gasteiger partial charge in [0.1, 0.15) is 23.1 Å². The van der Waals surface area contributed by atoms with Gasteiger partial charge in [-0.15, -0.1) is 0 Å². The van der Waals surface area contributed by atoms with Gasteiger partial charge in [0.05, 0.1) is 24.8 Å². The number of nitrogens with zero attached hydrogens (tertiary/aromatic N) is 1. The number of hydrogen-bond donors (Lipinski definition) is 2. The molecular formula is C20H19N3O5S. The monoisotopic (exact) mass is 413 g/mol. The first-order chi connectivity index (χ1) is 14.0. The summed E-state index contributed by atoms with van der Waals surface area (Å²) in [6.07, 6.45) is 1.80. The SMILES string of the molecule is COc1cc(N=C2NC(=O)S/C2=C/c2cccc(OCC(N)=O)c2)cc(OC)c1. The number of carbonyl (C=O) groups excluding carboxylic acids is 2. The van der Waals surface area contributed by atoms with Crippen LogP contribution in [0.4, 0.5) is 10.5 Å². The molecule has 0 radical (unpaired) electrons. The largest absolute Gasteiger partial charge is 0.497 e. The Hall–Kier alpha value is -3.46. The molecule has 2 aromatic carbocycles. The summed E-state index contributed by atoms with van der Waals surface area (Å²) < 4.78 is 15.8. The van der Waals surface area contributed by atoms with Crippen molar-refractivity contribution >= 4 is 40.5 Å². The predicted octanol–water partition coefficient (Wildman–Crippen LogP) is 3.10. The van der Waals surface area contributed by atoms with E-state index in [-0.39, 0.29) is 11.8 Å². The summed E-state index contributed by atoms with van der Waals surface area (Å²) >= 11 is 1.03. The lowest BCUT2D eigenvalue weighted by Gasteiger charge is -2.07. The lowest BCUT2D eigenvalue weighted by molar-refractivity contribution is -0.119. The molecule has 150 valence electrons. The number of amides is 2. The Morgan fingerprint density at radius 1 is 1.14 bits per heavy atom. The topological polar surface area (TPSA) is 112 Å². The van der Waals surface area contributed by atoms with E-state index in [2.05, 4.69) is 10.3 Å². The van der Waals surface area contributed by atoms with E-state index in [4.69, 9.17) is 19.9 Å². The number of aliphatic imine (C=N–C) groups is 1. The summed E-state index contributed by atoms with van der Waals surface area (Å²) in [5, 5.41) is 2.50. The quantitative estimate of drug-likeness (QED) is 0.721. The van der Waals surface area contributed by atoms with Crippen LogP contribution in [0.2, 0.25) is 0 Å². The van der Waals surface area contributed by atoms with Crippen LogP contribution in [-0.2, 0) is 4.79 Å². The molecule has 0 bridgehead atoms. The third kappa shape index (κ3) is 5.52. The van der Waals surface area contributed by atoms with Crippen molar-refractivity contribution in [2.75, 3.05) is 20.8 Å². The minimum atomic E-state index is -0.557. The number of amidine groups is 1. The summed E-state index contributed by atoms with van der Waals surface area (Å²) in [4.78, 5) is 28.0. The van der Waals surface area contributed by atoms with Gasteiger partial charge in [-0.25, -0.2) is 4.99 Å². The van der Waals surface area contributed by atoms with Gasteiger partial charge in [0.25, 0.3) is 11.1 Å². The van der Waals surface area contributed by atoms with E-state index in [9.17, 15) is 9.59 Å². The zero-order chi connectivity index (χ0) is 20.8. The molecule has 0 atom stereocenters. The smallest absolute Gasteiger partial charge is 0.289 e. The fourth-order valence-electron chi connectivity index (χ4n) is 2.50. The first-order valence-corrected chi connectivity index (χ1v) is 9.32. The van der Waals surface area contributed by atoms with Crippen LogP contribution in [0, 0.1) is 0 Å². The maximum absolute atomic E-state index is 11.9. The average Bonchev–Trinajstić information content (AvgIpc) is 3.04. The van der Waals surface area contributed by atoms with Crippen LogP contribution in [0.1, 0.15) is 5.56 Å². The summed E-state index contributed by atoms with van der Waals surface area (Å²) in [5.74, 6) is 1.53. The molecule has 3 rings (SSSR count). The van der Waals surface area contributed by atoms with Gasteiger partial charge in [0.2, 0.25) is 0 Å². The first kappa shape index (κ1) is 20.3. The van der Waals surface area contributed by atoms with Crippen LogP contribution >= 0.6 is 11.8 Å². The van der Waals surface area contributed by atoms with Crippen LogP contribution in [0.25, 0.3) is 6.08 Å². The van der Waals surface area contributed by atoms with E-state index in [1.165, 1.54) is 0 Å². The zero-order valence-electron chi connectivity index (χ0n) is 15.8. The third-order valence-electron chi connectivity index (χ3n) is 3.77. The number of benzene rings is 2. The molecule has 1 saturated heterocycles. The van der Waals surface area contributed by atoms with Crippen molar-refractivity contribution in [2.24, 2.45) is 10.7 Å². The lowest BCUT2D eigenvalue weighted by atomic mass is 10.2. The van der Waals surface area contributed by atoms with Crippen molar-refractivity contribution in [3.05, 3.63) is 52.9 Å². The number of hydrogen-bond acceptors (Lipinski definition) is 7. The second-order valence-electron chi connectivity index (χ2n) is 5.88. The molecule has 0 spiro atoms. The minimum absolute atomic E-state index is 0.209. The highest BCUT2D eigenvalue weighted by atomic mass is 32.2. The first-order valence-electron chi connectivity index (χ1n) is 8.50. The molecule has 1 aliphatic rings. The fraction of sp³-hybridized carbons (Fsp3) is 0.150. The fourth-order valence-corrected chi connectivity index (χ4v) is 3.23. The second kappa shape index (κ2) is 9.16. The molecule has 0 saturated carbocycles. The molecular weight excluding hydrogens is 394 g/mol. The Balaban J connectivity index is 1.91. The second-order valence-corrected chi connectivity index (χ2v) is 6.90.